The number of benzene rings is 10. The fraction of sp³-hybridized carbons (Fsp3) is 0. The zero-order valence-electron chi connectivity index (χ0n) is 34.6. The van der Waals surface area contributed by atoms with Crippen LogP contribution in [0.4, 0.5) is 0 Å². The van der Waals surface area contributed by atoms with Gasteiger partial charge in [0.2, 0.25) is 0 Å². The number of hydrogen-bond donors (Lipinski definition) is 0. The van der Waals surface area contributed by atoms with Crippen molar-refractivity contribution >= 4 is 72.4 Å². The third-order valence-electron chi connectivity index (χ3n) is 13.1. The van der Waals surface area contributed by atoms with E-state index in [0.717, 1.165) is 11.4 Å². The van der Waals surface area contributed by atoms with Crippen LogP contribution in [0.15, 0.2) is 255 Å². The molecule has 0 fully saturated rings. The highest BCUT2D eigenvalue weighted by Gasteiger charge is 2.41. The molecule has 296 valence electrons. The minimum absolute atomic E-state index is 1.14. The van der Waals surface area contributed by atoms with Gasteiger partial charge in [0.05, 0.1) is 22.1 Å². The van der Waals surface area contributed by atoms with Gasteiger partial charge in [-0.05, 0) is 91.5 Å². The molecule has 0 unspecified atom stereocenters. The summed E-state index contributed by atoms with van der Waals surface area (Å²) < 4.78 is 4.96. The van der Waals surface area contributed by atoms with Crippen LogP contribution in [0.2, 0.25) is 0 Å². The highest BCUT2D eigenvalue weighted by atomic mass is 28.3. The van der Waals surface area contributed by atoms with Crippen LogP contribution in [-0.2, 0) is 0 Å². The van der Waals surface area contributed by atoms with E-state index in [1.165, 1.54) is 86.6 Å². The molecule has 0 aliphatic carbocycles. The van der Waals surface area contributed by atoms with Crippen molar-refractivity contribution in [2.45, 2.75) is 0 Å². The van der Waals surface area contributed by atoms with Crippen LogP contribution in [-0.4, -0.2) is 17.2 Å². The van der Waals surface area contributed by atoms with Gasteiger partial charge in [-0.15, -0.1) is 0 Å². The number of hydrogen-bond acceptors (Lipinski definition) is 0. The van der Waals surface area contributed by atoms with Crippen molar-refractivity contribution in [3.63, 3.8) is 0 Å². The first kappa shape index (κ1) is 36.8. The predicted octanol–water partition coefficient (Wildman–Crippen LogP) is 12.6. The molecule has 0 aliphatic rings. The van der Waals surface area contributed by atoms with E-state index in [1.54, 1.807) is 0 Å². The van der Waals surface area contributed by atoms with E-state index >= 15 is 0 Å². The van der Waals surface area contributed by atoms with Crippen molar-refractivity contribution < 1.29 is 0 Å². The van der Waals surface area contributed by atoms with Gasteiger partial charge in [-0.1, -0.05) is 206 Å². The molecule has 0 N–H and O–H groups in total. The molecule has 0 bridgehead atoms. The molecule has 12 aromatic rings. The van der Waals surface area contributed by atoms with Crippen LogP contribution in [0.1, 0.15) is 0 Å². The molecular weight excluding hydrogens is 777 g/mol. The maximum Gasteiger partial charge on any atom is 0.179 e. The lowest BCUT2D eigenvalue weighted by Crippen LogP contribution is -2.74. The molecule has 0 atom stereocenters. The lowest BCUT2D eigenvalue weighted by molar-refractivity contribution is 1.17. The second-order valence-electron chi connectivity index (χ2n) is 16.5. The first-order valence-electron chi connectivity index (χ1n) is 21.8. The van der Waals surface area contributed by atoms with E-state index in [-0.39, 0.29) is 0 Å². The minimum Gasteiger partial charge on any atom is -0.309 e. The highest BCUT2D eigenvalue weighted by molar-refractivity contribution is 7.19. The lowest BCUT2D eigenvalue weighted by atomic mass is 10.0. The molecule has 0 saturated heterocycles. The highest BCUT2D eigenvalue weighted by Crippen LogP contribution is 2.39. The second kappa shape index (κ2) is 15.2. The molecule has 0 radical (unpaired) electrons. The monoisotopic (exact) mass is 818 g/mol. The number of fused-ring (bicyclic) bond motifs is 6. The van der Waals surface area contributed by atoms with E-state index in [1.807, 2.05) is 0 Å². The summed E-state index contributed by atoms with van der Waals surface area (Å²) >= 11 is 0. The Bertz CT molecular complexity index is 3400. The topological polar surface area (TPSA) is 9.86 Å². The number of aromatic nitrogens is 2. The Hall–Kier alpha value is -7.98. The van der Waals surface area contributed by atoms with E-state index in [2.05, 4.69) is 264 Å². The normalized spacial score (nSPS) is 11.8. The van der Waals surface area contributed by atoms with Crippen LogP contribution in [0.3, 0.4) is 0 Å². The first-order chi connectivity index (χ1) is 31.3. The quantitative estimate of drug-likeness (QED) is 0.107. The Balaban J connectivity index is 1.09. The second-order valence-corrected chi connectivity index (χ2v) is 20.3. The Morgan fingerprint density at radius 3 is 1.17 bits per heavy atom. The van der Waals surface area contributed by atoms with Gasteiger partial charge in [0.25, 0.3) is 0 Å². The van der Waals surface area contributed by atoms with E-state index in [0.29, 0.717) is 0 Å². The number of rotatable bonds is 8. The van der Waals surface area contributed by atoms with Crippen molar-refractivity contribution in [2.24, 2.45) is 0 Å². The third kappa shape index (κ3) is 6.00. The lowest BCUT2D eigenvalue weighted by Gasteiger charge is -2.34. The zero-order valence-corrected chi connectivity index (χ0v) is 35.6. The maximum absolute atomic E-state index is 2.75. The van der Waals surface area contributed by atoms with Crippen molar-refractivity contribution in [3.8, 4) is 33.6 Å². The van der Waals surface area contributed by atoms with Gasteiger partial charge in [0, 0.05) is 32.9 Å². The molecule has 63 heavy (non-hydrogen) atoms. The molecular formula is C60H42N2Si. The predicted molar refractivity (Wildman–Crippen MR) is 270 cm³/mol. The van der Waals surface area contributed by atoms with Gasteiger partial charge in [-0.25, -0.2) is 0 Å². The summed E-state index contributed by atoms with van der Waals surface area (Å²) in [5.41, 5.74) is 11.9. The van der Waals surface area contributed by atoms with Crippen LogP contribution in [0.5, 0.6) is 0 Å². The Morgan fingerprint density at radius 2 is 0.635 bits per heavy atom. The molecule has 0 amide bonds. The van der Waals surface area contributed by atoms with E-state index in [9.17, 15) is 0 Å². The summed E-state index contributed by atoms with van der Waals surface area (Å²) in [7, 11) is -2.75. The van der Waals surface area contributed by atoms with Crippen LogP contribution < -0.4 is 20.7 Å². The SMILES string of the molecule is c1ccc(-c2ccc3c4ccc(-c5ccccc5)cc4n(-c4ccc5c(c4)c4ccccc4n5-c4cccc([Si](c5ccccc5)(c5ccccc5)c5ccccc5)c4)c3c2)cc1. The van der Waals surface area contributed by atoms with Gasteiger partial charge in [-0.3, -0.25) is 0 Å². The maximum atomic E-state index is 2.48. The van der Waals surface area contributed by atoms with Crippen molar-refractivity contribution in [1.82, 2.24) is 9.13 Å². The average Bonchev–Trinajstić information content (AvgIpc) is 3.87. The molecule has 10 aromatic carbocycles. The molecule has 12 rings (SSSR count). The molecule has 0 saturated carbocycles. The first-order valence-corrected chi connectivity index (χ1v) is 23.8. The third-order valence-corrected chi connectivity index (χ3v) is 17.8. The van der Waals surface area contributed by atoms with E-state index < -0.39 is 8.07 Å². The van der Waals surface area contributed by atoms with Crippen molar-refractivity contribution in [1.29, 1.82) is 0 Å². The zero-order chi connectivity index (χ0) is 41.7. The molecule has 0 spiro atoms. The minimum atomic E-state index is -2.75. The molecule has 0 aliphatic heterocycles. The standard InChI is InChI=1S/C60H42N2Si/c1-6-19-43(20-7-1)45-33-36-54-55-37-34-46(44-21-8-2-9-22-44)40-60(55)62(59(54)39-45)48-35-38-58-56(42-48)53-31-16-17-32-57(53)61(58)47-23-18-30-52(41-47)63(49-24-10-3-11-25-49,50-26-12-4-13-27-50)51-28-14-5-15-29-51/h1-42H. The smallest absolute Gasteiger partial charge is 0.179 e. The van der Waals surface area contributed by atoms with Gasteiger partial charge in [-0.2, -0.15) is 0 Å². The summed E-state index contributed by atoms with van der Waals surface area (Å²) in [6, 6.07) is 94.2. The Kier molecular flexibility index (Phi) is 8.87. The summed E-state index contributed by atoms with van der Waals surface area (Å²) in [5.74, 6) is 0. The number of para-hydroxylation sites is 1. The summed E-state index contributed by atoms with van der Waals surface area (Å²) in [6.07, 6.45) is 0. The molecule has 2 nitrogen and oxygen atoms in total. The summed E-state index contributed by atoms with van der Waals surface area (Å²) in [4.78, 5) is 0. The van der Waals surface area contributed by atoms with Gasteiger partial charge >= 0.3 is 0 Å². The van der Waals surface area contributed by atoms with Crippen molar-refractivity contribution in [2.75, 3.05) is 0 Å². The Morgan fingerprint density at radius 1 is 0.222 bits per heavy atom. The fourth-order valence-corrected chi connectivity index (χ4v) is 15.0. The largest absolute Gasteiger partial charge is 0.309 e. The van der Waals surface area contributed by atoms with Crippen LogP contribution in [0, 0.1) is 0 Å². The van der Waals surface area contributed by atoms with Gasteiger partial charge in [0.15, 0.2) is 8.07 Å². The number of nitrogens with zero attached hydrogens (tertiary/aromatic N) is 2. The van der Waals surface area contributed by atoms with Crippen molar-refractivity contribution in [3.05, 3.63) is 255 Å². The van der Waals surface area contributed by atoms with Crippen LogP contribution >= 0.6 is 0 Å². The van der Waals surface area contributed by atoms with E-state index in [4.69, 9.17) is 0 Å². The van der Waals surface area contributed by atoms with Gasteiger partial charge < -0.3 is 9.13 Å². The average molecular weight is 819 g/mol. The molecule has 2 heterocycles. The summed E-state index contributed by atoms with van der Waals surface area (Å²) in [5, 5.41) is 10.4. The summed E-state index contributed by atoms with van der Waals surface area (Å²) in [6.45, 7) is 0. The Labute approximate surface area is 368 Å². The molecule has 2 aromatic heterocycles. The van der Waals surface area contributed by atoms with Crippen LogP contribution in [0.25, 0.3) is 77.2 Å². The molecule has 3 heteroatoms. The van der Waals surface area contributed by atoms with Gasteiger partial charge in [0.1, 0.15) is 0 Å². The fourth-order valence-electron chi connectivity index (χ4n) is 10.2.